The number of esters is 1. The van der Waals surface area contributed by atoms with Crippen LogP contribution in [0.1, 0.15) is 10.4 Å². The topological polar surface area (TPSA) is 75.6 Å². The lowest BCUT2D eigenvalue weighted by Gasteiger charge is -2.05. The zero-order valence-corrected chi connectivity index (χ0v) is 8.91. The molecule has 0 saturated carbocycles. The van der Waals surface area contributed by atoms with Crippen molar-refractivity contribution in [3.05, 3.63) is 29.8 Å². The van der Waals surface area contributed by atoms with E-state index < -0.39 is 17.0 Å². The molecule has 15 heavy (non-hydrogen) atoms. The fourth-order valence-electron chi connectivity index (χ4n) is 1.02. The fourth-order valence-corrected chi connectivity index (χ4v) is 1.31. The molecule has 0 aliphatic carbocycles. The first-order valence-electron chi connectivity index (χ1n) is 4.13. The lowest BCUT2D eigenvalue weighted by atomic mass is 10.2. The van der Waals surface area contributed by atoms with Crippen molar-refractivity contribution in [2.24, 2.45) is 0 Å². The highest BCUT2D eigenvalue weighted by molar-refractivity contribution is 7.79. The largest absolute Gasteiger partial charge is 0.465 e. The number of ether oxygens (including phenoxy) is 1. The Balaban J connectivity index is 2.74. The second kappa shape index (κ2) is 5.47. The minimum atomic E-state index is -1.91. The molecular formula is C9H11NO4S. The minimum Gasteiger partial charge on any atom is -0.465 e. The van der Waals surface area contributed by atoms with E-state index in [9.17, 15) is 9.00 Å². The molecule has 0 bridgehead atoms. The number of carbonyl (C=O) groups is 1. The van der Waals surface area contributed by atoms with Crippen LogP contribution in [0.5, 0.6) is 0 Å². The first kappa shape index (κ1) is 11.7. The smallest absolute Gasteiger partial charge is 0.337 e. The van der Waals surface area contributed by atoms with Gasteiger partial charge < -0.3 is 14.6 Å². The van der Waals surface area contributed by atoms with Crippen molar-refractivity contribution in [3.63, 3.8) is 0 Å². The summed E-state index contributed by atoms with van der Waals surface area (Å²) in [5.74, 6) is -0.520. The number of hydrogen-bond acceptors (Lipinski definition) is 4. The van der Waals surface area contributed by atoms with Crippen molar-refractivity contribution in [2.75, 3.05) is 18.3 Å². The Labute approximate surface area is 89.7 Å². The van der Waals surface area contributed by atoms with E-state index in [0.717, 1.165) is 0 Å². The third kappa shape index (κ3) is 3.69. The molecule has 82 valence electrons. The van der Waals surface area contributed by atoms with Crippen LogP contribution in [0.4, 0.5) is 5.69 Å². The zero-order valence-electron chi connectivity index (χ0n) is 8.10. The van der Waals surface area contributed by atoms with E-state index in [1.54, 1.807) is 24.3 Å². The van der Waals surface area contributed by atoms with Crippen LogP contribution in [-0.4, -0.2) is 27.7 Å². The number of anilines is 1. The summed E-state index contributed by atoms with van der Waals surface area (Å²) in [6, 6.07) is 6.51. The van der Waals surface area contributed by atoms with E-state index in [1.807, 2.05) is 0 Å². The predicted molar refractivity (Wildman–Crippen MR) is 57.0 cm³/mol. The van der Waals surface area contributed by atoms with Crippen molar-refractivity contribution in [3.8, 4) is 0 Å². The van der Waals surface area contributed by atoms with Gasteiger partial charge in [0, 0.05) is 5.69 Å². The van der Waals surface area contributed by atoms with Gasteiger partial charge in [-0.15, -0.1) is 0 Å². The van der Waals surface area contributed by atoms with Gasteiger partial charge in [0.15, 0.2) is 11.1 Å². The minimum absolute atomic E-state index is 0.0787. The van der Waals surface area contributed by atoms with Gasteiger partial charge in [0.2, 0.25) is 0 Å². The van der Waals surface area contributed by atoms with E-state index in [0.29, 0.717) is 11.3 Å². The summed E-state index contributed by atoms with van der Waals surface area (Å²) in [6.07, 6.45) is 0. The zero-order chi connectivity index (χ0) is 11.3. The maximum atomic E-state index is 11.1. The number of benzene rings is 1. The average Bonchev–Trinajstić information content (AvgIpc) is 2.25. The summed E-state index contributed by atoms with van der Waals surface area (Å²) in [6.45, 7) is 0. The molecule has 2 N–H and O–H groups in total. The van der Waals surface area contributed by atoms with Gasteiger partial charge in [0.1, 0.15) is 5.88 Å². The number of carbonyl (C=O) groups excluding carboxylic acids is 1. The van der Waals surface area contributed by atoms with Gasteiger partial charge in [0.25, 0.3) is 0 Å². The molecule has 0 amide bonds. The quantitative estimate of drug-likeness (QED) is 0.596. The number of nitrogens with one attached hydrogen (secondary N) is 1. The molecular weight excluding hydrogens is 218 g/mol. The molecule has 5 nitrogen and oxygen atoms in total. The van der Waals surface area contributed by atoms with Gasteiger partial charge >= 0.3 is 5.97 Å². The molecule has 1 aromatic rings. The summed E-state index contributed by atoms with van der Waals surface area (Å²) >= 11 is -1.91. The highest BCUT2D eigenvalue weighted by atomic mass is 32.2. The molecule has 0 aromatic heterocycles. The van der Waals surface area contributed by atoms with Crippen LogP contribution in [-0.2, 0) is 15.8 Å². The summed E-state index contributed by atoms with van der Waals surface area (Å²) in [4.78, 5) is 11.1. The molecule has 0 heterocycles. The summed E-state index contributed by atoms with van der Waals surface area (Å²) in [5.41, 5.74) is 0.992. The predicted octanol–water partition coefficient (Wildman–Crippen LogP) is 1.06. The van der Waals surface area contributed by atoms with E-state index in [4.69, 9.17) is 4.55 Å². The molecule has 1 atom stereocenters. The van der Waals surface area contributed by atoms with Gasteiger partial charge in [-0.1, -0.05) is 6.07 Å². The molecule has 1 aromatic carbocycles. The maximum Gasteiger partial charge on any atom is 0.337 e. The Kier molecular flexibility index (Phi) is 4.26. The second-order valence-electron chi connectivity index (χ2n) is 2.71. The molecule has 6 heteroatoms. The van der Waals surface area contributed by atoms with Crippen molar-refractivity contribution in [2.45, 2.75) is 0 Å². The lowest BCUT2D eigenvalue weighted by Crippen LogP contribution is -2.08. The Morgan fingerprint density at radius 3 is 2.93 bits per heavy atom. The van der Waals surface area contributed by atoms with Crippen LogP contribution in [0.3, 0.4) is 0 Å². The second-order valence-corrected chi connectivity index (χ2v) is 3.65. The molecule has 0 aliphatic rings. The summed E-state index contributed by atoms with van der Waals surface area (Å²) < 4.78 is 23.5. The van der Waals surface area contributed by atoms with E-state index in [-0.39, 0.29) is 5.88 Å². The van der Waals surface area contributed by atoms with Crippen LogP contribution < -0.4 is 5.32 Å². The molecule has 0 fully saturated rings. The fraction of sp³-hybridized carbons (Fsp3) is 0.222. The van der Waals surface area contributed by atoms with E-state index >= 15 is 0 Å². The maximum absolute atomic E-state index is 11.1. The van der Waals surface area contributed by atoms with Crippen molar-refractivity contribution >= 4 is 22.7 Å². The first-order chi connectivity index (χ1) is 7.13. The van der Waals surface area contributed by atoms with Crippen LogP contribution >= 0.6 is 0 Å². The third-order valence-corrected chi connectivity index (χ3v) is 2.07. The van der Waals surface area contributed by atoms with Crippen LogP contribution in [0, 0.1) is 0 Å². The van der Waals surface area contributed by atoms with Crippen molar-refractivity contribution in [1.29, 1.82) is 0 Å². The summed E-state index contributed by atoms with van der Waals surface area (Å²) in [5, 5.41) is 2.71. The molecule has 0 aliphatic heterocycles. The first-order valence-corrected chi connectivity index (χ1v) is 5.41. The Morgan fingerprint density at radius 1 is 1.60 bits per heavy atom. The van der Waals surface area contributed by atoms with E-state index in [2.05, 4.69) is 10.1 Å². The summed E-state index contributed by atoms with van der Waals surface area (Å²) in [7, 11) is 1.30. The molecule has 1 unspecified atom stereocenters. The van der Waals surface area contributed by atoms with Gasteiger partial charge in [-0.2, -0.15) is 0 Å². The SMILES string of the molecule is COC(=O)c1cccc(NCS(=O)O)c1. The number of hydrogen-bond donors (Lipinski definition) is 2. The molecule has 1 rings (SSSR count). The highest BCUT2D eigenvalue weighted by Crippen LogP contribution is 2.11. The Morgan fingerprint density at radius 2 is 2.33 bits per heavy atom. The Bertz CT molecular complexity index is 380. The van der Waals surface area contributed by atoms with Gasteiger partial charge in [0.05, 0.1) is 12.7 Å². The van der Waals surface area contributed by atoms with Crippen LogP contribution in [0.2, 0.25) is 0 Å². The van der Waals surface area contributed by atoms with Gasteiger partial charge in [-0.3, -0.25) is 0 Å². The van der Waals surface area contributed by atoms with Gasteiger partial charge in [-0.05, 0) is 18.2 Å². The standard InChI is InChI=1S/C9H11NO4S/c1-14-9(11)7-3-2-4-8(5-7)10-6-15(12)13/h2-5,10H,6H2,1H3,(H,12,13). The average molecular weight is 229 g/mol. The van der Waals surface area contributed by atoms with Gasteiger partial charge in [-0.25, -0.2) is 9.00 Å². The molecule has 0 radical (unpaired) electrons. The monoisotopic (exact) mass is 229 g/mol. The lowest BCUT2D eigenvalue weighted by molar-refractivity contribution is 0.0601. The number of rotatable bonds is 4. The Hall–Kier alpha value is -1.40. The van der Waals surface area contributed by atoms with Crippen LogP contribution in [0.15, 0.2) is 24.3 Å². The molecule has 0 saturated heterocycles. The normalized spacial score (nSPS) is 11.9. The third-order valence-electron chi connectivity index (χ3n) is 1.68. The highest BCUT2D eigenvalue weighted by Gasteiger charge is 2.05. The van der Waals surface area contributed by atoms with Crippen LogP contribution in [0.25, 0.3) is 0 Å². The van der Waals surface area contributed by atoms with Crippen molar-refractivity contribution in [1.82, 2.24) is 0 Å². The van der Waals surface area contributed by atoms with E-state index in [1.165, 1.54) is 7.11 Å². The van der Waals surface area contributed by atoms with Crippen molar-refractivity contribution < 1.29 is 18.3 Å². The number of methoxy groups -OCH3 is 1. The molecule has 0 spiro atoms.